The van der Waals surface area contributed by atoms with Crippen molar-refractivity contribution in [2.45, 2.75) is 38.1 Å². The quantitative estimate of drug-likeness (QED) is 0.568. The molecule has 35 heavy (non-hydrogen) atoms. The molecule has 8 heteroatoms. The van der Waals surface area contributed by atoms with Crippen molar-refractivity contribution in [1.82, 2.24) is 10.2 Å². The predicted octanol–water partition coefficient (Wildman–Crippen LogP) is 3.64. The van der Waals surface area contributed by atoms with Gasteiger partial charge in [-0.3, -0.25) is 9.59 Å². The van der Waals surface area contributed by atoms with Gasteiger partial charge in [0.2, 0.25) is 5.91 Å². The van der Waals surface area contributed by atoms with Crippen LogP contribution in [0.3, 0.4) is 0 Å². The molecule has 2 atom stereocenters. The minimum atomic E-state index is -0.938. The molecule has 1 aliphatic heterocycles. The molecule has 4 rings (SSSR count). The third-order valence-corrected chi connectivity index (χ3v) is 6.89. The van der Waals surface area contributed by atoms with Gasteiger partial charge < -0.3 is 24.8 Å². The first-order valence-electron chi connectivity index (χ1n) is 12.2. The molecule has 2 amide bonds. The predicted molar refractivity (Wildman–Crippen MR) is 130 cm³/mol. The van der Waals surface area contributed by atoms with Crippen molar-refractivity contribution < 1.29 is 29.0 Å². The van der Waals surface area contributed by atoms with Crippen LogP contribution in [-0.2, 0) is 19.1 Å². The molecule has 0 bridgehead atoms. The van der Waals surface area contributed by atoms with E-state index in [-0.39, 0.29) is 49.8 Å². The third kappa shape index (κ3) is 5.82. The maximum Gasteiger partial charge on any atom is 0.407 e. The molecule has 2 unspecified atom stereocenters. The number of amides is 2. The van der Waals surface area contributed by atoms with Gasteiger partial charge in [-0.15, -0.1) is 0 Å². The van der Waals surface area contributed by atoms with Gasteiger partial charge in [0.15, 0.2) is 0 Å². The van der Waals surface area contributed by atoms with Gasteiger partial charge in [0.05, 0.1) is 13.0 Å². The Morgan fingerprint density at radius 2 is 1.74 bits per heavy atom. The van der Waals surface area contributed by atoms with E-state index in [2.05, 4.69) is 29.6 Å². The Morgan fingerprint density at radius 1 is 1.09 bits per heavy atom. The van der Waals surface area contributed by atoms with Crippen LogP contribution in [0.5, 0.6) is 0 Å². The zero-order valence-corrected chi connectivity index (χ0v) is 19.9. The summed E-state index contributed by atoms with van der Waals surface area (Å²) in [6.07, 6.45) is 0.169. The number of carbonyl (C=O) groups excluding carboxylic acids is 2. The molecule has 0 spiro atoms. The molecule has 1 fully saturated rings. The number of carbonyl (C=O) groups is 3. The summed E-state index contributed by atoms with van der Waals surface area (Å²) in [6, 6.07) is 16.1. The fraction of sp³-hybridized carbons (Fsp3) is 0.444. The fourth-order valence-corrected chi connectivity index (χ4v) is 5.02. The smallest absolute Gasteiger partial charge is 0.407 e. The largest absolute Gasteiger partial charge is 0.481 e. The number of aliphatic carboxylic acids is 1. The molecule has 1 heterocycles. The van der Waals surface area contributed by atoms with Gasteiger partial charge in [0, 0.05) is 44.0 Å². The highest BCUT2D eigenvalue weighted by Gasteiger charge is 2.32. The van der Waals surface area contributed by atoms with E-state index < -0.39 is 12.1 Å². The van der Waals surface area contributed by atoms with E-state index in [0.717, 1.165) is 11.1 Å². The van der Waals surface area contributed by atoms with Gasteiger partial charge in [-0.25, -0.2) is 4.79 Å². The van der Waals surface area contributed by atoms with Crippen LogP contribution in [0, 0.1) is 5.92 Å². The third-order valence-electron chi connectivity index (χ3n) is 6.89. The van der Waals surface area contributed by atoms with Crippen LogP contribution in [0.15, 0.2) is 48.5 Å². The molecule has 1 aliphatic carbocycles. The topological polar surface area (TPSA) is 105 Å². The lowest BCUT2D eigenvalue weighted by Crippen LogP contribution is -2.48. The summed E-state index contributed by atoms with van der Waals surface area (Å²) in [4.78, 5) is 37.9. The summed E-state index contributed by atoms with van der Waals surface area (Å²) in [7, 11) is 0. The highest BCUT2D eigenvalue weighted by molar-refractivity contribution is 5.79. The highest BCUT2D eigenvalue weighted by Crippen LogP contribution is 2.44. The molecular formula is C27H32N2O6. The molecular weight excluding hydrogens is 448 g/mol. The van der Waals surface area contributed by atoms with Crippen LogP contribution >= 0.6 is 0 Å². The molecule has 2 N–H and O–H groups in total. The summed E-state index contributed by atoms with van der Waals surface area (Å²) < 4.78 is 11.2. The van der Waals surface area contributed by atoms with Gasteiger partial charge in [-0.05, 0) is 35.6 Å². The van der Waals surface area contributed by atoms with E-state index in [1.54, 1.807) is 0 Å². The van der Waals surface area contributed by atoms with Gasteiger partial charge in [-0.1, -0.05) is 48.5 Å². The second-order valence-electron chi connectivity index (χ2n) is 9.02. The molecule has 2 aliphatic rings. The minimum absolute atomic E-state index is 0.0208. The molecule has 0 radical (unpaired) electrons. The number of hydrogen-bond donors (Lipinski definition) is 2. The Hall–Kier alpha value is -3.39. The Bertz CT molecular complexity index is 1030. The number of nitrogens with one attached hydrogen (secondary N) is 1. The summed E-state index contributed by atoms with van der Waals surface area (Å²) in [5.74, 6) is -1.29. The fourth-order valence-electron chi connectivity index (χ4n) is 5.02. The molecule has 2 aromatic carbocycles. The van der Waals surface area contributed by atoms with Crippen LogP contribution in [-0.4, -0.2) is 66.9 Å². The highest BCUT2D eigenvalue weighted by atomic mass is 16.5. The number of carboxylic acid groups (broad SMARTS) is 1. The van der Waals surface area contributed by atoms with Crippen LogP contribution < -0.4 is 5.32 Å². The van der Waals surface area contributed by atoms with E-state index in [0.29, 0.717) is 26.2 Å². The lowest BCUT2D eigenvalue weighted by atomic mass is 9.92. The van der Waals surface area contributed by atoms with Crippen molar-refractivity contribution in [3.05, 3.63) is 59.7 Å². The molecule has 0 aromatic heterocycles. The molecule has 8 nitrogen and oxygen atoms in total. The number of nitrogens with zero attached hydrogens (tertiary/aromatic N) is 1. The van der Waals surface area contributed by atoms with Crippen molar-refractivity contribution in [3.63, 3.8) is 0 Å². The maximum absolute atomic E-state index is 12.8. The number of rotatable bonds is 9. The van der Waals surface area contributed by atoms with Gasteiger partial charge in [0.25, 0.3) is 0 Å². The van der Waals surface area contributed by atoms with Crippen molar-refractivity contribution in [1.29, 1.82) is 0 Å². The van der Waals surface area contributed by atoms with Crippen LogP contribution in [0.1, 0.15) is 43.2 Å². The normalized spacial score (nSPS) is 18.9. The van der Waals surface area contributed by atoms with E-state index >= 15 is 0 Å². The number of alkyl carbamates (subject to hydrolysis) is 1. The average Bonchev–Trinajstić information content (AvgIpc) is 3.18. The van der Waals surface area contributed by atoms with E-state index in [4.69, 9.17) is 14.6 Å². The zero-order chi connectivity index (χ0) is 24.8. The van der Waals surface area contributed by atoms with Crippen molar-refractivity contribution in [2.75, 3.05) is 32.9 Å². The number of hydrogen-bond acceptors (Lipinski definition) is 5. The first-order chi connectivity index (χ1) is 17.0. The lowest BCUT2D eigenvalue weighted by molar-refractivity contribution is -0.139. The van der Waals surface area contributed by atoms with Crippen molar-refractivity contribution >= 4 is 18.0 Å². The molecule has 0 saturated carbocycles. The summed E-state index contributed by atoms with van der Waals surface area (Å²) in [5, 5.41) is 11.9. The second kappa shape index (κ2) is 11.4. The summed E-state index contributed by atoms with van der Waals surface area (Å²) >= 11 is 0. The first-order valence-corrected chi connectivity index (χ1v) is 12.2. The van der Waals surface area contributed by atoms with Gasteiger partial charge in [0.1, 0.15) is 6.61 Å². The van der Waals surface area contributed by atoms with E-state index in [9.17, 15) is 14.4 Å². The maximum atomic E-state index is 12.8. The summed E-state index contributed by atoms with van der Waals surface area (Å²) in [5.41, 5.74) is 4.64. The Balaban J connectivity index is 1.35. The Morgan fingerprint density at radius 3 is 2.37 bits per heavy atom. The van der Waals surface area contributed by atoms with Crippen molar-refractivity contribution in [2.24, 2.45) is 5.92 Å². The minimum Gasteiger partial charge on any atom is -0.481 e. The lowest BCUT2D eigenvalue weighted by Gasteiger charge is -2.33. The van der Waals surface area contributed by atoms with Crippen LogP contribution in [0.25, 0.3) is 11.1 Å². The molecule has 1 saturated heterocycles. The Labute approximate surface area is 205 Å². The van der Waals surface area contributed by atoms with E-state index in [1.807, 2.05) is 31.2 Å². The Kier molecular flexibility index (Phi) is 8.02. The first kappa shape index (κ1) is 24.7. The van der Waals surface area contributed by atoms with Crippen LogP contribution in [0.2, 0.25) is 0 Å². The number of benzene rings is 2. The standard InChI is InChI=1S/C27H32N2O6/c1-2-29(13-11-26(31)32)25(30)15-18-16-34-14-12-24(18)28-27(33)35-17-23-21-9-5-3-7-19(21)20-8-4-6-10-22(20)23/h3-10,18,23-24H,2,11-17H2,1H3,(H,28,33)(H,31,32). The average molecular weight is 481 g/mol. The van der Waals surface area contributed by atoms with Gasteiger partial charge in [-0.2, -0.15) is 0 Å². The number of fused-ring (bicyclic) bond motifs is 3. The van der Waals surface area contributed by atoms with Crippen molar-refractivity contribution in [3.8, 4) is 11.1 Å². The monoisotopic (exact) mass is 480 g/mol. The zero-order valence-electron chi connectivity index (χ0n) is 19.9. The van der Waals surface area contributed by atoms with Gasteiger partial charge >= 0.3 is 12.1 Å². The number of ether oxygens (including phenoxy) is 2. The van der Waals surface area contributed by atoms with Crippen LogP contribution in [0.4, 0.5) is 4.79 Å². The summed E-state index contributed by atoms with van der Waals surface area (Å²) in [6.45, 7) is 3.51. The molecule has 2 aromatic rings. The SMILES string of the molecule is CCN(CCC(=O)O)C(=O)CC1COCCC1NC(=O)OCC1c2ccccc2-c2ccccc21. The second-order valence-corrected chi connectivity index (χ2v) is 9.02. The number of carboxylic acids is 1. The molecule has 186 valence electrons. The van der Waals surface area contributed by atoms with E-state index in [1.165, 1.54) is 16.0 Å².